The normalized spacial score (nSPS) is 11.4. The Bertz CT molecular complexity index is 656. The fourth-order valence-corrected chi connectivity index (χ4v) is 2.67. The molecule has 4 N–H and O–H groups in total. The Kier molecular flexibility index (Phi) is 5.11. The lowest BCUT2D eigenvalue weighted by atomic mass is 10.0. The van der Waals surface area contributed by atoms with Crippen LogP contribution in [0.5, 0.6) is 0 Å². The van der Waals surface area contributed by atoms with E-state index >= 15 is 0 Å². The molecule has 2 aromatic rings. The molecule has 2 aromatic carbocycles. The van der Waals surface area contributed by atoms with Gasteiger partial charge in [-0.05, 0) is 42.5 Å². The van der Waals surface area contributed by atoms with Crippen LogP contribution in [0.2, 0.25) is 0 Å². The second-order valence-corrected chi connectivity index (χ2v) is 5.53. The summed E-state index contributed by atoms with van der Waals surface area (Å²) in [7, 11) is 0. The molecule has 0 radical (unpaired) electrons. The van der Waals surface area contributed by atoms with Gasteiger partial charge in [0.05, 0.1) is 0 Å². The number of nitrogens with zero attached hydrogens (tertiary/aromatic N) is 1. The van der Waals surface area contributed by atoms with Gasteiger partial charge in [0.2, 0.25) is 0 Å². The molecule has 5 heteroatoms. The molecule has 0 aliphatic rings. The van der Waals surface area contributed by atoms with Gasteiger partial charge in [-0.3, -0.25) is 0 Å². The third-order valence-electron chi connectivity index (χ3n) is 3.32. The number of amidine groups is 1. The van der Waals surface area contributed by atoms with Gasteiger partial charge in [0.15, 0.2) is 5.84 Å². The van der Waals surface area contributed by atoms with Gasteiger partial charge in [0.1, 0.15) is 0 Å². The third kappa shape index (κ3) is 3.70. The molecule has 0 aliphatic carbocycles. The van der Waals surface area contributed by atoms with Gasteiger partial charge in [0, 0.05) is 22.7 Å². The quantitative estimate of drug-likeness (QED) is 0.260. The highest BCUT2D eigenvalue weighted by Crippen LogP contribution is 2.25. The van der Waals surface area contributed by atoms with Crippen molar-refractivity contribution in [1.29, 1.82) is 0 Å². The van der Waals surface area contributed by atoms with Gasteiger partial charge in [-0.25, -0.2) is 0 Å². The van der Waals surface area contributed by atoms with Gasteiger partial charge < -0.3 is 16.3 Å². The molecule has 0 heterocycles. The molecule has 0 amide bonds. The summed E-state index contributed by atoms with van der Waals surface area (Å²) in [6.45, 7) is 2.76. The number of hydrogen-bond acceptors (Lipinski definition) is 4. The minimum atomic E-state index is 0.130. The summed E-state index contributed by atoms with van der Waals surface area (Å²) in [6.07, 6.45) is 2.07. The maximum absolute atomic E-state index is 8.71. The topological polar surface area (TPSA) is 70.6 Å². The Labute approximate surface area is 129 Å². The first-order valence-corrected chi connectivity index (χ1v) is 7.82. The largest absolute Gasteiger partial charge is 0.409 e. The average molecular weight is 301 g/mol. The average Bonchev–Trinajstić information content (AvgIpc) is 2.53. The van der Waals surface area contributed by atoms with E-state index in [2.05, 4.69) is 28.9 Å². The minimum absolute atomic E-state index is 0.130. The van der Waals surface area contributed by atoms with Crippen LogP contribution in [0, 0.1) is 6.92 Å². The van der Waals surface area contributed by atoms with E-state index in [1.165, 1.54) is 10.5 Å². The van der Waals surface area contributed by atoms with E-state index in [0.717, 1.165) is 23.4 Å². The Morgan fingerprint density at radius 2 is 2.05 bits per heavy atom. The number of hydrogen-bond donors (Lipinski definition) is 3. The van der Waals surface area contributed by atoms with Crippen molar-refractivity contribution in [3.8, 4) is 0 Å². The maximum atomic E-state index is 8.71. The molecule has 0 aliphatic heterocycles. The number of anilines is 1. The van der Waals surface area contributed by atoms with E-state index in [0.29, 0.717) is 0 Å². The lowest BCUT2D eigenvalue weighted by Gasteiger charge is -2.12. The van der Waals surface area contributed by atoms with Crippen molar-refractivity contribution in [2.75, 3.05) is 11.6 Å². The maximum Gasteiger partial charge on any atom is 0.170 e. The predicted octanol–water partition coefficient (Wildman–Crippen LogP) is 3.42. The third-order valence-corrected chi connectivity index (χ3v) is 4.12. The number of nitrogens with one attached hydrogen (secondary N) is 1. The Hall–Kier alpha value is -2.14. The van der Waals surface area contributed by atoms with Gasteiger partial charge in [-0.1, -0.05) is 29.4 Å². The molecular weight excluding hydrogens is 282 g/mol. The molecule has 0 spiro atoms. The second-order valence-electron chi connectivity index (χ2n) is 4.68. The van der Waals surface area contributed by atoms with Crippen molar-refractivity contribution in [1.82, 2.24) is 0 Å². The molecule has 4 nitrogen and oxygen atoms in total. The monoisotopic (exact) mass is 301 g/mol. The van der Waals surface area contributed by atoms with Crippen molar-refractivity contribution >= 4 is 23.3 Å². The molecular formula is C16H19N3OS. The number of oxime groups is 1. The van der Waals surface area contributed by atoms with Gasteiger partial charge in [0.25, 0.3) is 0 Å². The summed E-state index contributed by atoms with van der Waals surface area (Å²) >= 11 is 1.72. The number of para-hydroxylation sites is 1. The van der Waals surface area contributed by atoms with Crippen LogP contribution in [0.4, 0.5) is 5.69 Å². The fourth-order valence-electron chi connectivity index (χ4n) is 2.09. The fraction of sp³-hybridized carbons (Fsp3) is 0.188. The molecule has 0 aromatic heterocycles. The van der Waals surface area contributed by atoms with Crippen LogP contribution in [-0.2, 0) is 6.54 Å². The van der Waals surface area contributed by atoms with E-state index in [9.17, 15) is 0 Å². The molecule has 2 rings (SSSR count). The minimum Gasteiger partial charge on any atom is -0.409 e. The van der Waals surface area contributed by atoms with Gasteiger partial charge in [-0.2, -0.15) is 0 Å². The van der Waals surface area contributed by atoms with Crippen molar-refractivity contribution in [3.05, 3.63) is 59.2 Å². The van der Waals surface area contributed by atoms with E-state index in [-0.39, 0.29) is 5.84 Å². The van der Waals surface area contributed by atoms with E-state index in [4.69, 9.17) is 10.9 Å². The SMILES string of the molecule is CSc1ccccc1NCc1ccc(/C(N)=N/O)cc1C. The first-order valence-electron chi connectivity index (χ1n) is 6.60. The van der Waals surface area contributed by atoms with Crippen molar-refractivity contribution in [2.24, 2.45) is 10.9 Å². The smallest absolute Gasteiger partial charge is 0.170 e. The van der Waals surface area contributed by atoms with E-state index in [1.807, 2.05) is 37.3 Å². The van der Waals surface area contributed by atoms with Crippen LogP contribution in [0.25, 0.3) is 0 Å². The van der Waals surface area contributed by atoms with Crippen LogP contribution in [0.15, 0.2) is 52.5 Å². The van der Waals surface area contributed by atoms with E-state index < -0.39 is 0 Å². The molecule has 0 bridgehead atoms. The zero-order chi connectivity index (χ0) is 15.2. The Morgan fingerprint density at radius 3 is 2.71 bits per heavy atom. The summed E-state index contributed by atoms with van der Waals surface area (Å²) in [6, 6.07) is 14.0. The van der Waals surface area contributed by atoms with Crippen LogP contribution < -0.4 is 11.1 Å². The highest BCUT2D eigenvalue weighted by molar-refractivity contribution is 7.98. The number of nitrogens with two attached hydrogens (primary N) is 1. The van der Waals surface area contributed by atoms with Crippen molar-refractivity contribution in [2.45, 2.75) is 18.4 Å². The standard InChI is InChI=1S/C16H19N3OS/c1-11-9-12(16(17)19-20)7-8-13(11)10-18-14-5-3-4-6-15(14)21-2/h3-9,18,20H,10H2,1-2H3,(H2,17,19). The Balaban J connectivity index is 2.14. The molecule has 0 atom stereocenters. The van der Waals surface area contributed by atoms with Crippen molar-refractivity contribution < 1.29 is 5.21 Å². The Morgan fingerprint density at radius 1 is 1.29 bits per heavy atom. The summed E-state index contributed by atoms with van der Waals surface area (Å²) in [4.78, 5) is 1.23. The first kappa shape index (κ1) is 15.3. The molecule has 110 valence electrons. The predicted molar refractivity (Wildman–Crippen MR) is 89.2 cm³/mol. The van der Waals surface area contributed by atoms with Crippen LogP contribution in [0.1, 0.15) is 16.7 Å². The summed E-state index contributed by atoms with van der Waals surface area (Å²) in [5, 5.41) is 15.2. The number of aryl methyl sites for hydroxylation is 1. The van der Waals surface area contributed by atoms with Crippen molar-refractivity contribution in [3.63, 3.8) is 0 Å². The molecule has 21 heavy (non-hydrogen) atoms. The highest BCUT2D eigenvalue weighted by Gasteiger charge is 2.05. The van der Waals surface area contributed by atoms with Gasteiger partial charge in [-0.15, -0.1) is 11.8 Å². The summed E-state index contributed by atoms with van der Waals surface area (Å²) < 4.78 is 0. The lowest BCUT2D eigenvalue weighted by molar-refractivity contribution is 0.318. The molecule has 0 unspecified atom stereocenters. The zero-order valence-electron chi connectivity index (χ0n) is 12.1. The number of rotatable bonds is 5. The van der Waals surface area contributed by atoms with E-state index in [1.54, 1.807) is 11.8 Å². The first-order chi connectivity index (χ1) is 10.2. The summed E-state index contributed by atoms with van der Waals surface area (Å²) in [5.41, 5.74) is 9.74. The number of benzene rings is 2. The zero-order valence-corrected chi connectivity index (χ0v) is 12.9. The molecule has 0 fully saturated rings. The number of thioether (sulfide) groups is 1. The van der Waals surface area contributed by atoms with Crippen LogP contribution in [0.3, 0.4) is 0 Å². The van der Waals surface area contributed by atoms with Crippen LogP contribution >= 0.6 is 11.8 Å². The highest BCUT2D eigenvalue weighted by atomic mass is 32.2. The lowest BCUT2D eigenvalue weighted by Crippen LogP contribution is -2.13. The van der Waals surface area contributed by atoms with Crippen LogP contribution in [-0.4, -0.2) is 17.3 Å². The summed E-state index contributed by atoms with van der Waals surface area (Å²) in [5.74, 6) is 0.130. The second kappa shape index (κ2) is 7.04. The molecule has 0 saturated carbocycles. The van der Waals surface area contributed by atoms with Gasteiger partial charge >= 0.3 is 0 Å². The molecule has 0 saturated heterocycles.